The van der Waals surface area contributed by atoms with Crippen molar-refractivity contribution in [3.63, 3.8) is 0 Å². The van der Waals surface area contributed by atoms with E-state index in [1.165, 1.54) is 12.1 Å². The van der Waals surface area contributed by atoms with Gasteiger partial charge in [-0.3, -0.25) is 0 Å². The van der Waals surface area contributed by atoms with Gasteiger partial charge in [0.05, 0.1) is 15.7 Å². The van der Waals surface area contributed by atoms with Gasteiger partial charge in [-0.25, -0.2) is 4.39 Å². The van der Waals surface area contributed by atoms with Crippen LogP contribution in [-0.4, -0.2) is 6.54 Å². The number of halogens is 3. The average Bonchev–Trinajstić information content (AvgIpc) is 2.14. The molecule has 1 rings (SSSR count). The quantitative estimate of drug-likeness (QED) is 0.778. The molecule has 1 atom stereocenters. The molecule has 96 valence electrons. The van der Waals surface area contributed by atoms with E-state index in [0.717, 1.165) is 13.0 Å². The maximum atomic E-state index is 13.0. The van der Waals surface area contributed by atoms with Crippen LogP contribution < -0.4 is 5.32 Å². The third kappa shape index (κ3) is 4.72. The summed E-state index contributed by atoms with van der Waals surface area (Å²) in [4.78, 5) is 0. The Morgan fingerprint density at radius 1 is 1.18 bits per heavy atom. The Morgan fingerprint density at radius 3 is 2.18 bits per heavy atom. The number of anilines is 1. The Bertz CT molecular complexity index is 357. The Labute approximate surface area is 112 Å². The summed E-state index contributed by atoms with van der Waals surface area (Å²) < 4.78 is 13.0. The SMILES string of the molecule is CC(C)CC(C)CNc1c(Cl)cc(F)cc1Cl. The van der Waals surface area contributed by atoms with Crippen molar-refractivity contribution >= 4 is 28.9 Å². The van der Waals surface area contributed by atoms with Crippen molar-refractivity contribution in [3.8, 4) is 0 Å². The summed E-state index contributed by atoms with van der Waals surface area (Å²) in [5.41, 5.74) is 0.616. The number of nitrogens with one attached hydrogen (secondary N) is 1. The summed E-state index contributed by atoms with van der Waals surface area (Å²) in [5, 5.41) is 3.83. The first-order valence-electron chi connectivity index (χ1n) is 5.78. The zero-order valence-electron chi connectivity index (χ0n) is 10.4. The van der Waals surface area contributed by atoms with Crippen LogP contribution in [0.4, 0.5) is 10.1 Å². The largest absolute Gasteiger partial charge is 0.382 e. The molecule has 1 nitrogen and oxygen atoms in total. The third-order valence-corrected chi connectivity index (χ3v) is 3.10. The van der Waals surface area contributed by atoms with Crippen LogP contribution in [0.25, 0.3) is 0 Å². The van der Waals surface area contributed by atoms with Gasteiger partial charge >= 0.3 is 0 Å². The highest BCUT2D eigenvalue weighted by Gasteiger charge is 2.10. The molecule has 0 aromatic heterocycles. The van der Waals surface area contributed by atoms with E-state index in [2.05, 4.69) is 26.1 Å². The van der Waals surface area contributed by atoms with E-state index in [1.54, 1.807) is 0 Å². The highest BCUT2D eigenvalue weighted by molar-refractivity contribution is 6.39. The molecule has 0 amide bonds. The molecular formula is C13H18Cl2FN. The lowest BCUT2D eigenvalue weighted by Gasteiger charge is -2.17. The zero-order chi connectivity index (χ0) is 13.0. The molecule has 0 bridgehead atoms. The molecule has 17 heavy (non-hydrogen) atoms. The molecular weight excluding hydrogens is 260 g/mol. The number of benzene rings is 1. The Hall–Kier alpha value is -0.470. The fourth-order valence-electron chi connectivity index (χ4n) is 1.88. The standard InChI is InChI=1S/C13H18Cl2FN/c1-8(2)4-9(3)7-17-13-11(14)5-10(16)6-12(13)15/h5-6,8-9,17H,4,7H2,1-3H3. The summed E-state index contributed by atoms with van der Waals surface area (Å²) in [6.45, 7) is 7.32. The van der Waals surface area contributed by atoms with Gasteiger partial charge in [-0.05, 0) is 30.4 Å². The molecule has 0 aliphatic rings. The van der Waals surface area contributed by atoms with Gasteiger partial charge < -0.3 is 5.32 Å². The molecule has 0 saturated carbocycles. The van der Waals surface area contributed by atoms with E-state index in [4.69, 9.17) is 23.2 Å². The normalized spacial score (nSPS) is 12.9. The molecule has 0 saturated heterocycles. The summed E-state index contributed by atoms with van der Waals surface area (Å²) in [6.07, 6.45) is 1.13. The van der Waals surface area contributed by atoms with Crippen molar-refractivity contribution in [2.45, 2.75) is 27.2 Å². The monoisotopic (exact) mass is 277 g/mol. The molecule has 1 N–H and O–H groups in total. The molecule has 1 unspecified atom stereocenters. The van der Waals surface area contributed by atoms with Gasteiger partial charge in [0, 0.05) is 6.54 Å². The van der Waals surface area contributed by atoms with Crippen LogP contribution in [0.15, 0.2) is 12.1 Å². The van der Waals surface area contributed by atoms with Crippen molar-refractivity contribution in [2.24, 2.45) is 11.8 Å². The fraction of sp³-hybridized carbons (Fsp3) is 0.538. The van der Waals surface area contributed by atoms with E-state index in [1.807, 2.05) is 0 Å². The average molecular weight is 278 g/mol. The molecule has 0 radical (unpaired) electrons. The van der Waals surface area contributed by atoms with Gasteiger partial charge in [0.2, 0.25) is 0 Å². The first-order valence-corrected chi connectivity index (χ1v) is 6.54. The lowest BCUT2D eigenvalue weighted by molar-refractivity contribution is 0.455. The number of hydrogen-bond donors (Lipinski definition) is 1. The highest BCUT2D eigenvalue weighted by Crippen LogP contribution is 2.31. The van der Waals surface area contributed by atoms with E-state index in [-0.39, 0.29) is 0 Å². The minimum atomic E-state index is -0.416. The molecule has 0 aliphatic carbocycles. The first kappa shape index (κ1) is 14.6. The summed E-state index contributed by atoms with van der Waals surface area (Å²) in [7, 11) is 0. The van der Waals surface area contributed by atoms with Gasteiger partial charge in [0.1, 0.15) is 5.82 Å². The summed E-state index contributed by atoms with van der Waals surface area (Å²) >= 11 is 11.9. The Morgan fingerprint density at radius 2 is 1.71 bits per heavy atom. The topological polar surface area (TPSA) is 12.0 Å². The number of hydrogen-bond acceptors (Lipinski definition) is 1. The van der Waals surface area contributed by atoms with Crippen molar-refractivity contribution in [2.75, 3.05) is 11.9 Å². The number of rotatable bonds is 5. The molecule has 1 aromatic carbocycles. The molecule has 4 heteroatoms. The molecule has 0 spiro atoms. The summed E-state index contributed by atoms with van der Waals surface area (Å²) in [5.74, 6) is 0.763. The lowest BCUT2D eigenvalue weighted by Crippen LogP contribution is -2.13. The van der Waals surface area contributed by atoms with Crippen LogP contribution >= 0.6 is 23.2 Å². The van der Waals surface area contributed by atoms with E-state index in [0.29, 0.717) is 27.6 Å². The van der Waals surface area contributed by atoms with Gasteiger partial charge in [0.15, 0.2) is 0 Å². The first-order chi connectivity index (χ1) is 7.90. The maximum Gasteiger partial charge on any atom is 0.126 e. The van der Waals surface area contributed by atoms with Gasteiger partial charge in [-0.2, -0.15) is 0 Å². The second-order valence-corrected chi connectivity index (χ2v) is 5.67. The second kappa shape index (κ2) is 6.46. The van der Waals surface area contributed by atoms with Crippen LogP contribution in [0.2, 0.25) is 10.0 Å². The van der Waals surface area contributed by atoms with Crippen molar-refractivity contribution in [1.82, 2.24) is 0 Å². The van der Waals surface area contributed by atoms with E-state index >= 15 is 0 Å². The Balaban J connectivity index is 2.63. The second-order valence-electron chi connectivity index (χ2n) is 4.86. The maximum absolute atomic E-state index is 13.0. The smallest absolute Gasteiger partial charge is 0.126 e. The molecule has 1 aromatic rings. The van der Waals surface area contributed by atoms with Gasteiger partial charge in [-0.15, -0.1) is 0 Å². The molecule has 0 heterocycles. The van der Waals surface area contributed by atoms with Crippen LogP contribution in [0.3, 0.4) is 0 Å². The minimum absolute atomic E-state index is 0.326. The van der Waals surface area contributed by atoms with Gasteiger partial charge in [-0.1, -0.05) is 44.0 Å². The molecule has 0 fully saturated rings. The van der Waals surface area contributed by atoms with Crippen LogP contribution in [0.5, 0.6) is 0 Å². The van der Waals surface area contributed by atoms with Crippen molar-refractivity contribution < 1.29 is 4.39 Å². The predicted molar refractivity (Wildman–Crippen MR) is 73.5 cm³/mol. The van der Waals surface area contributed by atoms with Crippen LogP contribution in [-0.2, 0) is 0 Å². The Kier molecular flexibility index (Phi) is 5.54. The van der Waals surface area contributed by atoms with Crippen LogP contribution in [0.1, 0.15) is 27.2 Å². The van der Waals surface area contributed by atoms with Gasteiger partial charge in [0.25, 0.3) is 0 Å². The highest BCUT2D eigenvalue weighted by atomic mass is 35.5. The fourth-order valence-corrected chi connectivity index (χ4v) is 2.47. The lowest BCUT2D eigenvalue weighted by atomic mass is 9.99. The van der Waals surface area contributed by atoms with Crippen molar-refractivity contribution in [3.05, 3.63) is 28.0 Å². The zero-order valence-corrected chi connectivity index (χ0v) is 11.9. The van der Waals surface area contributed by atoms with Crippen LogP contribution in [0, 0.1) is 17.7 Å². The molecule has 0 aliphatic heterocycles. The predicted octanol–water partition coefficient (Wildman–Crippen LogP) is 5.23. The third-order valence-electron chi connectivity index (χ3n) is 2.51. The summed E-state index contributed by atoms with van der Waals surface area (Å²) in [6, 6.07) is 2.53. The van der Waals surface area contributed by atoms with E-state index in [9.17, 15) is 4.39 Å². The van der Waals surface area contributed by atoms with E-state index < -0.39 is 5.82 Å². The minimum Gasteiger partial charge on any atom is -0.382 e. The van der Waals surface area contributed by atoms with Crippen molar-refractivity contribution in [1.29, 1.82) is 0 Å².